The van der Waals surface area contributed by atoms with Gasteiger partial charge < -0.3 is 25.4 Å². The first-order chi connectivity index (χ1) is 19.0. The van der Waals surface area contributed by atoms with Gasteiger partial charge in [-0.15, -0.1) is 12.4 Å². The lowest BCUT2D eigenvalue weighted by Gasteiger charge is -2.41. The summed E-state index contributed by atoms with van der Waals surface area (Å²) in [4.78, 5) is 19.2. The standard InChI is InChI=1S/C27H34N10O2.ClH/c1-17-24(28)27(16-39-17)6-9-35(10-7-27)22-14-29-23-25(32-22)33-34-26(23)37-8-2-3-20-21(37)5-4-19(31-20)18-13-30-36(15-18)11-12-38;/h4-5,13-15,17,24,38H,2-3,6-12,16,28H2,1H3,(H,32,33,34);1H/t17-,24+;/m0./s1. The van der Waals surface area contributed by atoms with Crippen LogP contribution in [0.1, 0.15) is 31.9 Å². The van der Waals surface area contributed by atoms with Crippen LogP contribution in [0.5, 0.6) is 0 Å². The van der Waals surface area contributed by atoms with Crippen molar-refractivity contribution in [3.8, 4) is 11.3 Å². The number of aliphatic hydroxyl groups excluding tert-OH is 1. The maximum absolute atomic E-state index is 9.18. The second-order valence-corrected chi connectivity index (χ2v) is 11.0. The number of H-pyrrole nitrogens is 1. The molecule has 0 aromatic carbocycles. The molecular formula is C27H35ClN10O2. The van der Waals surface area contributed by atoms with Gasteiger partial charge in [-0.1, -0.05) is 0 Å². The van der Waals surface area contributed by atoms with Crippen LogP contribution in [0.3, 0.4) is 0 Å². The zero-order chi connectivity index (χ0) is 26.6. The van der Waals surface area contributed by atoms with E-state index >= 15 is 0 Å². The molecule has 0 radical (unpaired) electrons. The molecule has 212 valence electrons. The largest absolute Gasteiger partial charge is 0.394 e. The number of aryl methyl sites for hydroxylation is 1. The number of nitrogens with zero attached hydrogens (tertiary/aromatic N) is 8. The molecule has 4 aromatic rings. The van der Waals surface area contributed by atoms with E-state index in [2.05, 4.69) is 38.1 Å². The van der Waals surface area contributed by atoms with E-state index < -0.39 is 0 Å². The Bertz CT molecular complexity index is 1500. The normalized spacial score (nSPS) is 22.1. The highest BCUT2D eigenvalue weighted by Crippen LogP contribution is 2.42. The third-order valence-corrected chi connectivity index (χ3v) is 8.72. The van der Waals surface area contributed by atoms with Crippen LogP contribution in [0, 0.1) is 5.41 Å². The number of pyridine rings is 1. The maximum atomic E-state index is 9.18. The van der Waals surface area contributed by atoms with Gasteiger partial charge in [-0.3, -0.25) is 14.8 Å². The molecule has 0 saturated carbocycles. The van der Waals surface area contributed by atoms with E-state index in [-0.39, 0.29) is 36.6 Å². The first-order valence-electron chi connectivity index (χ1n) is 13.8. The molecule has 2 fully saturated rings. The third-order valence-electron chi connectivity index (χ3n) is 8.72. The summed E-state index contributed by atoms with van der Waals surface area (Å²) in [7, 11) is 0. The number of halogens is 1. The lowest BCUT2D eigenvalue weighted by Crippen LogP contribution is -2.50. The smallest absolute Gasteiger partial charge is 0.183 e. The molecule has 2 saturated heterocycles. The highest BCUT2D eigenvalue weighted by atomic mass is 35.5. The summed E-state index contributed by atoms with van der Waals surface area (Å²) in [6, 6.07) is 4.20. The van der Waals surface area contributed by atoms with E-state index in [0.717, 1.165) is 91.7 Å². The SMILES string of the molecule is C[C@@H]1OCC2(CCN(c3cnc4c(N5CCCc6nc(-c7cnn(CCO)c7)ccc65)n[nH]c4n3)CC2)[C@@H]1N.Cl. The fraction of sp³-hybridized carbons (Fsp3) is 0.519. The van der Waals surface area contributed by atoms with Crippen LogP contribution in [-0.4, -0.2) is 85.0 Å². The molecule has 2 atom stereocenters. The van der Waals surface area contributed by atoms with Crippen molar-refractivity contribution in [1.82, 2.24) is 34.9 Å². The molecule has 3 aliphatic heterocycles. The average molecular weight is 567 g/mol. The van der Waals surface area contributed by atoms with Crippen molar-refractivity contribution in [2.45, 2.75) is 51.3 Å². The van der Waals surface area contributed by atoms with Gasteiger partial charge in [-0.25, -0.2) is 9.97 Å². The number of hydrogen-bond donors (Lipinski definition) is 3. The first kappa shape index (κ1) is 26.9. The second kappa shape index (κ2) is 10.6. The average Bonchev–Trinajstić information content (AvgIpc) is 3.68. The lowest BCUT2D eigenvalue weighted by atomic mass is 9.73. The Balaban J connectivity index is 0.00000289. The van der Waals surface area contributed by atoms with Crippen LogP contribution >= 0.6 is 12.4 Å². The van der Waals surface area contributed by atoms with Gasteiger partial charge >= 0.3 is 0 Å². The Morgan fingerprint density at radius 3 is 2.80 bits per heavy atom. The zero-order valence-electron chi connectivity index (χ0n) is 22.5. The molecule has 7 rings (SSSR count). The summed E-state index contributed by atoms with van der Waals surface area (Å²) in [5.41, 5.74) is 11.9. The van der Waals surface area contributed by atoms with E-state index in [1.165, 1.54) is 0 Å². The van der Waals surface area contributed by atoms with Gasteiger partial charge in [0, 0.05) is 42.9 Å². The number of piperidine rings is 1. The highest BCUT2D eigenvalue weighted by molar-refractivity contribution is 5.87. The van der Waals surface area contributed by atoms with Crippen LogP contribution in [0.25, 0.3) is 22.4 Å². The summed E-state index contributed by atoms with van der Waals surface area (Å²) >= 11 is 0. The minimum atomic E-state index is 0. The second-order valence-electron chi connectivity index (χ2n) is 11.0. The van der Waals surface area contributed by atoms with Crippen molar-refractivity contribution >= 4 is 40.9 Å². The molecule has 3 aliphatic rings. The van der Waals surface area contributed by atoms with Crippen LogP contribution in [-0.2, 0) is 17.7 Å². The minimum Gasteiger partial charge on any atom is -0.394 e. The van der Waals surface area contributed by atoms with Crippen molar-refractivity contribution in [3.63, 3.8) is 0 Å². The van der Waals surface area contributed by atoms with E-state index in [0.29, 0.717) is 12.2 Å². The summed E-state index contributed by atoms with van der Waals surface area (Å²) in [6.45, 7) is 5.95. The van der Waals surface area contributed by atoms with E-state index in [1.807, 2.05) is 18.5 Å². The highest BCUT2D eigenvalue weighted by Gasteiger charge is 2.47. The topological polar surface area (TPSA) is 147 Å². The molecule has 0 aliphatic carbocycles. The van der Waals surface area contributed by atoms with E-state index in [9.17, 15) is 5.11 Å². The van der Waals surface area contributed by atoms with Crippen molar-refractivity contribution < 1.29 is 9.84 Å². The number of anilines is 3. The first-order valence-corrected chi connectivity index (χ1v) is 13.8. The molecule has 0 bridgehead atoms. The predicted octanol–water partition coefficient (Wildman–Crippen LogP) is 2.44. The molecule has 40 heavy (non-hydrogen) atoms. The number of ether oxygens (including phenoxy) is 1. The molecule has 12 nitrogen and oxygen atoms in total. The Labute approximate surface area is 238 Å². The summed E-state index contributed by atoms with van der Waals surface area (Å²) in [6.07, 6.45) is 9.54. The molecule has 1 spiro atoms. The number of rotatable bonds is 5. The molecular weight excluding hydrogens is 532 g/mol. The number of hydrogen-bond acceptors (Lipinski definition) is 10. The van der Waals surface area contributed by atoms with Gasteiger partial charge in [0.15, 0.2) is 17.0 Å². The minimum absolute atomic E-state index is 0. The van der Waals surface area contributed by atoms with Crippen molar-refractivity contribution in [1.29, 1.82) is 0 Å². The van der Waals surface area contributed by atoms with Crippen LogP contribution in [0.2, 0.25) is 0 Å². The summed E-state index contributed by atoms with van der Waals surface area (Å²) in [5, 5.41) is 21.3. The number of aromatic nitrogens is 7. The molecule has 0 unspecified atom stereocenters. The van der Waals surface area contributed by atoms with Crippen molar-refractivity contribution in [2.75, 3.05) is 42.6 Å². The van der Waals surface area contributed by atoms with Gasteiger partial charge in [0.05, 0.1) is 55.3 Å². The Kier molecular flexibility index (Phi) is 7.11. The Morgan fingerprint density at radius 2 is 2.02 bits per heavy atom. The van der Waals surface area contributed by atoms with Crippen LogP contribution in [0.15, 0.2) is 30.7 Å². The number of fused-ring (bicyclic) bond motifs is 2. The van der Waals surface area contributed by atoms with Crippen LogP contribution < -0.4 is 15.5 Å². The fourth-order valence-corrected chi connectivity index (χ4v) is 6.32. The van der Waals surface area contributed by atoms with Gasteiger partial charge in [0.1, 0.15) is 5.82 Å². The van der Waals surface area contributed by atoms with Gasteiger partial charge in [-0.2, -0.15) is 10.2 Å². The molecule has 4 aromatic heterocycles. The zero-order valence-corrected chi connectivity index (χ0v) is 23.3. The molecule has 4 N–H and O–H groups in total. The van der Waals surface area contributed by atoms with Gasteiger partial charge in [-0.05, 0) is 44.7 Å². The summed E-state index contributed by atoms with van der Waals surface area (Å²) < 4.78 is 7.60. The number of aliphatic hydroxyl groups is 1. The number of nitrogens with one attached hydrogen (secondary N) is 1. The molecule has 7 heterocycles. The predicted molar refractivity (Wildman–Crippen MR) is 154 cm³/mol. The summed E-state index contributed by atoms with van der Waals surface area (Å²) in [5.74, 6) is 1.64. The van der Waals surface area contributed by atoms with Crippen LogP contribution in [0.4, 0.5) is 17.3 Å². The number of nitrogens with two attached hydrogens (primary N) is 1. The van der Waals surface area contributed by atoms with Gasteiger partial charge in [0.2, 0.25) is 0 Å². The van der Waals surface area contributed by atoms with Gasteiger partial charge in [0.25, 0.3) is 0 Å². The fourth-order valence-electron chi connectivity index (χ4n) is 6.32. The number of aromatic amines is 1. The molecule has 0 amide bonds. The monoisotopic (exact) mass is 566 g/mol. The maximum Gasteiger partial charge on any atom is 0.183 e. The Hall–Kier alpha value is -3.32. The van der Waals surface area contributed by atoms with E-state index in [1.54, 1.807) is 10.9 Å². The quantitative estimate of drug-likeness (QED) is 0.329. The third kappa shape index (κ3) is 4.48. The lowest BCUT2D eigenvalue weighted by molar-refractivity contribution is 0.0974. The Morgan fingerprint density at radius 1 is 1.18 bits per heavy atom. The van der Waals surface area contributed by atoms with E-state index in [4.69, 9.17) is 25.4 Å². The van der Waals surface area contributed by atoms with Crippen molar-refractivity contribution in [3.05, 3.63) is 36.4 Å². The molecule has 13 heteroatoms. The van der Waals surface area contributed by atoms with Crippen molar-refractivity contribution in [2.24, 2.45) is 11.1 Å².